The van der Waals surface area contributed by atoms with Gasteiger partial charge < -0.3 is 10.4 Å². The molecule has 3 nitrogen and oxygen atoms in total. The molecule has 0 amide bonds. The van der Waals surface area contributed by atoms with E-state index in [1.54, 1.807) is 0 Å². The van der Waals surface area contributed by atoms with E-state index < -0.39 is 5.97 Å². The molecule has 3 heteroatoms. The zero-order valence-corrected chi connectivity index (χ0v) is 8.54. The zero-order valence-electron chi connectivity index (χ0n) is 8.54. The SMILES string of the molecule is O=C(O)C1NCC2CCCCCCC21. The predicted molar refractivity (Wildman–Crippen MR) is 54.1 cm³/mol. The minimum absolute atomic E-state index is 0.266. The Morgan fingerprint density at radius 1 is 1.14 bits per heavy atom. The maximum absolute atomic E-state index is 11.0. The number of hydrogen-bond acceptors (Lipinski definition) is 2. The van der Waals surface area contributed by atoms with Crippen LogP contribution >= 0.6 is 0 Å². The Kier molecular flexibility index (Phi) is 3.06. The molecule has 3 unspecified atom stereocenters. The van der Waals surface area contributed by atoms with Gasteiger partial charge in [-0.3, -0.25) is 4.79 Å². The molecule has 1 saturated carbocycles. The molecule has 0 aromatic carbocycles. The van der Waals surface area contributed by atoms with Crippen molar-refractivity contribution in [3.8, 4) is 0 Å². The summed E-state index contributed by atoms with van der Waals surface area (Å²) in [6.45, 7) is 0.918. The molecule has 0 spiro atoms. The van der Waals surface area contributed by atoms with Crippen molar-refractivity contribution in [1.82, 2.24) is 5.32 Å². The van der Waals surface area contributed by atoms with Crippen LogP contribution in [0.2, 0.25) is 0 Å². The molecular formula is C11H19NO2. The third-order valence-electron chi connectivity index (χ3n) is 3.76. The molecule has 0 aromatic rings. The van der Waals surface area contributed by atoms with Crippen molar-refractivity contribution in [2.45, 2.75) is 44.6 Å². The highest BCUT2D eigenvalue weighted by atomic mass is 16.4. The molecule has 1 aliphatic carbocycles. The van der Waals surface area contributed by atoms with Crippen LogP contribution in [0.5, 0.6) is 0 Å². The lowest BCUT2D eigenvalue weighted by atomic mass is 9.81. The van der Waals surface area contributed by atoms with E-state index in [1.165, 1.54) is 32.1 Å². The Labute approximate surface area is 84.9 Å². The van der Waals surface area contributed by atoms with Gasteiger partial charge in [0.05, 0.1) is 0 Å². The summed E-state index contributed by atoms with van der Waals surface area (Å²) in [5, 5.41) is 12.2. The van der Waals surface area contributed by atoms with Gasteiger partial charge in [0.1, 0.15) is 6.04 Å². The van der Waals surface area contributed by atoms with Crippen LogP contribution in [0.15, 0.2) is 0 Å². The van der Waals surface area contributed by atoms with Gasteiger partial charge in [-0.2, -0.15) is 0 Å². The number of carboxylic acid groups (broad SMARTS) is 1. The largest absolute Gasteiger partial charge is 0.480 e. The van der Waals surface area contributed by atoms with E-state index in [4.69, 9.17) is 5.11 Å². The molecular weight excluding hydrogens is 178 g/mol. The zero-order chi connectivity index (χ0) is 9.97. The van der Waals surface area contributed by atoms with E-state index in [2.05, 4.69) is 5.32 Å². The highest BCUT2D eigenvalue weighted by Crippen LogP contribution is 2.33. The summed E-state index contributed by atoms with van der Waals surface area (Å²) in [6.07, 6.45) is 7.45. The molecule has 0 radical (unpaired) electrons. The molecule has 2 fully saturated rings. The van der Waals surface area contributed by atoms with Crippen LogP contribution in [-0.4, -0.2) is 23.7 Å². The summed E-state index contributed by atoms with van der Waals surface area (Å²) in [5.41, 5.74) is 0. The molecule has 2 aliphatic rings. The van der Waals surface area contributed by atoms with Crippen LogP contribution < -0.4 is 5.32 Å². The lowest BCUT2D eigenvalue weighted by Gasteiger charge is -2.23. The number of fused-ring (bicyclic) bond motifs is 1. The Morgan fingerprint density at radius 2 is 1.86 bits per heavy atom. The van der Waals surface area contributed by atoms with Gasteiger partial charge in [0.2, 0.25) is 0 Å². The molecule has 2 N–H and O–H groups in total. The highest BCUT2D eigenvalue weighted by Gasteiger charge is 2.39. The third kappa shape index (κ3) is 1.92. The van der Waals surface area contributed by atoms with Gasteiger partial charge in [0, 0.05) is 0 Å². The number of carbonyl (C=O) groups is 1. The van der Waals surface area contributed by atoms with Gasteiger partial charge >= 0.3 is 5.97 Å². The maximum Gasteiger partial charge on any atom is 0.320 e. The van der Waals surface area contributed by atoms with Crippen molar-refractivity contribution < 1.29 is 9.90 Å². The number of carboxylic acids is 1. The summed E-state index contributed by atoms with van der Waals surface area (Å²) in [4.78, 5) is 11.0. The summed E-state index contributed by atoms with van der Waals surface area (Å²) >= 11 is 0. The predicted octanol–water partition coefficient (Wildman–Crippen LogP) is 1.63. The average molecular weight is 197 g/mol. The molecule has 14 heavy (non-hydrogen) atoms. The smallest absolute Gasteiger partial charge is 0.320 e. The maximum atomic E-state index is 11.0. The summed E-state index contributed by atoms with van der Waals surface area (Å²) in [7, 11) is 0. The Morgan fingerprint density at radius 3 is 2.57 bits per heavy atom. The lowest BCUT2D eigenvalue weighted by Crippen LogP contribution is -2.36. The molecule has 3 atom stereocenters. The van der Waals surface area contributed by atoms with Crippen molar-refractivity contribution >= 4 is 5.97 Å². The molecule has 1 saturated heterocycles. The van der Waals surface area contributed by atoms with Crippen LogP contribution in [0.1, 0.15) is 38.5 Å². The number of nitrogens with one attached hydrogen (secondary N) is 1. The minimum atomic E-state index is -0.655. The Balaban J connectivity index is 2.02. The number of aliphatic carboxylic acids is 1. The van der Waals surface area contributed by atoms with Crippen molar-refractivity contribution in [2.24, 2.45) is 11.8 Å². The fourth-order valence-corrected chi connectivity index (χ4v) is 2.98. The van der Waals surface area contributed by atoms with Gasteiger partial charge in [-0.1, -0.05) is 25.7 Å². The Bertz CT molecular complexity index is 217. The first-order chi connectivity index (χ1) is 6.79. The first-order valence-corrected chi connectivity index (χ1v) is 5.75. The lowest BCUT2D eigenvalue weighted by molar-refractivity contribution is -0.140. The van der Waals surface area contributed by atoms with E-state index in [-0.39, 0.29) is 6.04 Å². The summed E-state index contributed by atoms with van der Waals surface area (Å²) < 4.78 is 0. The normalized spacial score (nSPS) is 38.4. The van der Waals surface area contributed by atoms with Crippen LogP contribution in [-0.2, 0) is 4.79 Å². The molecule has 1 heterocycles. The van der Waals surface area contributed by atoms with Crippen molar-refractivity contribution in [1.29, 1.82) is 0 Å². The number of rotatable bonds is 1. The van der Waals surface area contributed by atoms with Gasteiger partial charge in [0.25, 0.3) is 0 Å². The highest BCUT2D eigenvalue weighted by molar-refractivity contribution is 5.74. The third-order valence-corrected chi connectivity index (χ3v) is 3.76. The molecule has 2 rings (SSSR count). The fourth-order valence-electron chi connectivity index (χ4n) is 2.98. The van der Waals surface area contributed by atoms with Crippen molar-refractivity contribution in [2.75, 3.05) is 6.54 Å². The van der Waals surface area contributed by atoms with Crippen molar-refractivity contribution in [3.05, 3.63) is 0 Å². The van der Waals surface area contributed by atoms with Gasteiger partial charge in [-0.15, -0.1) is 0 Å². The van der Waals surface area contributed by atoms with E-state index >= 15 is 0 Å². The van der Waals surface area contributed by atoms with Crippen LogP contribution in [0.25, 0.3) is 0 Å². The van der Waals surface area contributed by atoms with Crippen molar-refractivity contribution in [3.63, 3.8) is 0 Å². The van der Waals surface area contributed by atoms with Crippen LogP contribution in [0.4, 0.5) is 0 Å². The van der Waals surface area contributed by atoms with Crippen LogP contribution in [0.3, 0.4) is 0 Å². The first-order valence-electron chi connectivity index (χ1n) is 5.75. The molecule has 80 valence electrons. The standard InChI is InChI=1S/C11H19NO2/c13-11(14)10-9-6-4-2-1-3-5-8(9)7-12-10/h8-10,12H,1-7H2,(H,13,14). The monoisotopic (exact) mass is 197 g/mol. The summed E-state index contributed by atoms with van der Waals surface area (Å²) in [6, 6.07) is -0.266. The minimum Gasteiger partial charge on any atom is -0.480 e. The van der Waals surface area contributed by atoms with Gasteiger partial charge in [-0.05, 0) is 31.2 Å². The second-order valence-corrected chi connectivity index (χ2v) is 4.64. The average Bonchev–Trinajstić information content (AvgIpc) is 2.47. The van der Waals surface area contributed by atoms with E-state index in [0.717, 1.165) is 13.0 Å². The second kappa shape index (κ2) is 4.30. The van der Waals surface area contributed by atoms with E-state index in [0.29, 0.717) is 11.8 Å². The number of hydrogen-bond donors (Lipinski definition) is 2. The van der Waals surface area contributed by atoms with Crippen LogP contribution in [0, 0.1) is 11.8 Å². The fraction of sp³-hybridized carbons (Fsp3) is 0.909. The van der Waals surface area contributed by atoms with Gasteiger partial charge in [-0.25, -0.2) is 0 Å². The van der Waals surface area contributed by atoms with Gasteiger partial charge in [0.15, 0.2) is 0 Å². The van der Waals surface area contributed by atoms with E-state index in [9.17, 15) is 4.79 Å². The second-order valence-electron chi connectivity index (χ2n) is 4.64. The van der Waals surface area contributed by atoms with E-state index in [1.807, 2.05) is 0 Å². The molecule has 0 bridgehead atoms. The molecule has 0 aromatic heterocycles. The quantitative estimate of drug-likeness (QED) is 0.671. The molecule has 1 aliphatic heterocycles. The Hall–Kier alpha value is -0.570. The first kappa shape index (κ1) is 9.97. The summed E-state index contributed by atoms with van der Waals surface area (Å²) in [5.74, 6) is 0.363. The topological polar surface area (TPSA) is 49.3 Å².